The first-order chi connectivity index (χ1) is 15.2. The third-order valence-electron chi connectivity index (χ3n) is 5.12. The number of furan rings is 1. The molecule has 32 heavy (non-hydrogen) atoms. The van der Waals surface area contributed by atoms with Crippen molar-refractivity contribution in [1.82, 2.24) is 9.62 Å². The van der Waals surface area contributed by atoms with Crippen LogP contribution in [0.15, 0.2) is 70.2 Å². The lowest BCUT2D eigenvalue weighted by atomic mass is 10.0. The molecule has 2 aromatic carbocycles. The summed E-state index contributed by atoms with van der Waals surface area (Å²) in [6.45, 7) is 5.26. The Kier molecular flexibility index (Phi) is 7.37. The minimum absolute atomic E-state index is 0.0568. The predicted molar refractivity (Wildman–Crippen MR) is 122 cm³/mol. The van der Waals surface area contributed by atoms with Gasteiger partial charge in [-0.15, -0.1) is 0 Å². The molecule has 0 aliphatic heterocycles. The molecule has 0 fully saturated rings. The number of nitrogens with one attached hydrogen (secondary N) is 1. The van der Waals surface area contributed by atoms with Gasteiger partial charge in [0.05, 0.1) is 37.4 Å². The quantitative estimate of drug-likeness (QED) is 0.526. The molecule has 1 amide bonds. The minimum Gasteiger partial charge on any atom is -0.496 e. The number of methoxy groups -OCH3 is 1. The van der Waals surface area contributed by atoms with Gasteiger partial charge in [-0.1, -0.05) is 35.4 Å². The molecule has 0 bridgehead atoms. The zero-order chi connectivity index (χ0) is 23.3. The molecule has 1 heterocycles. The van der Waals surface area contributed by atoms with Crippen LogP contribution in [0, 0.1) is 13.8 Å². The van der Waals surface area contributed by atoms with Crippen LogP contribution in [0.1, 0.15) is 35.4 Å². The van der Waals surface area contributed by atoms with Crippen molar-refractivity contribution >= 4 is 15.9 Å². The van der Waals surface area contributed by atoms with Gasteiger partial charge < -0.3 is 14.5 Å². The average molecular weight is 457 g/mol. The summed E-state index contributed by atoms with van der Waals surface area (Å²) in [7, 11) is -2.35. The molecule has 1 N–H and O–H groups in total. The van der Waals surface area contributed by atoms with Crippen LogP contribution in [0.2, 0.25) is 0 Å². The lowest BCUT2D eigenvalue weighted by Crippen LogP contribution is -2.41. The van der Waals surface area contributed by atoms with Crippen LogP contribution in [-0.4, -0.2) is 32.3 Å². The normalized spacial score (nSPS) is 12.5. The molecule has 3 rings (SSSR count). The van der Waals surface area contributed by atoms with Gasteiger partial charge in [-0.25, -0.2) is 8.42 Å². The zero-order valence-electron chi connectivity index (χ0n) is 18.7. The highest BCUT2D eigenvalue weighted by Crippen LogP contribution is 2.26. The van der Waals surface area contributed by atoms with E-state index in [9.17, 15) is 13.2 Å². The summed E-state index contributed by atoms with van der Waals surface area (Å²) in [5, 5.41) is 2.89. The minimum atomic E-state index is -3.92. The van der Waals surface area contributed by atoms with Crippen LogP contribution in [0.25, 0.3) is 0 Å². The monoisotopic (exact) mass is 456 g/mol. The van der Waals surface area contributed by atoms with E-state index >= 15 is 0 Å². The first-order valence-electron chi connectivity index (χ1n) is 10.2. The number of sulfonamides is 1. The van der Waals surface area contributed by atoms with E-state index in [1.165, 1.54) is 18.4 Å². The molecule has 3 aromatic rings. The number of carbonyl (C=O) groups excluding carboxylic acids is 1. The molecule has 1 aromatic heterocycles. The van der Waals surface area contributed by atoms with Gasteiger partial charge in [0.2, 0.25) is 15.9 Å². The van der Waals surface area contributed by atoms with Crippen LogP contribution in [0.5, 0.6) is 5.75 Å². The summed E-state index contributed by atoms with van der Waals surface area (Å²) in [5.41, 5.74) is 2.79. The fraction of sp³-hybridized carbons (Fsp3) is 0.292. The Morgan fingerprint density at radius 3 is 2.41 bits per heavy atom. The van der Waals surface area contributed by atoms with Crippen LogP contribution in [-0.2, 0) is 21.4 Å². The lowest BCUT2D eigenvalue weighted by Gasteiger charge is -2.23. The lowest BCUT2D eigenvalue weighted by molar-refractivity contribution is -0.122. The number of nitrogens with zero attached hydrogens (tertiary/aromatic N) is 1. The molecule has 1 unspecified atom stereocenters. The number of aryl methyl sites for hydroxylation is 2. The van der Waals surface area contributed by atoms with Gasteiger partial charge in [0, 0.05) is 5.56 Å². The Balaban J connectivity index is 1.82. The molecule has 0 saturated carbocycles. The molecule has 170 valence electrons. The van der Waals surface area contributed by atoms with Crippen molar-refractivity contribution in [3.05, 3.63) is 83.3 Å². The number of hydrogen-bond acceptors (Lipinski definition) is 5. The van der Waals surface area contributed by atoms with Crippen LogP contribution in [0.4, 0.5) is 0 Å². The molecule has 7 nitrogen and oxygen atoms in total. The van der Waals surface area contributed by atoms with Gasteiger partial charge in [0.1, 0.15) is 11.5 Å². The summed E-state index contributed by atoms with van der Waals surface area (Å²) >= 11 is 0. The fourth-order valence-electron chi connectivity index (χ4n) is 3.38. The Labute approximate surface area is 189 Å². The highest BCUT2D eigenvalue weighted by atomic mass is 32.2. The number of hydrogen-bond donors (Lipinski definition) is 1. The van der Waals surface area contributed by atoms with Gasteiger partial charge in [-0.2, -0.15) is 4.31 Å². The van der Waals surface area contributed by atoms with E-state index in [2.05, 4.69) is 5.32 Å². The molecular weight excluding hydrogens is 428 g/mol. The second-order valence-corrected chi connectivity index (χ2v) is 9.64. The smallest absolute Gasteiger partial charge is 0.243 e. The topological polar surface area (TPSA) is 88.8 Å². The van der Waals surface area contributed by atoms with Gasteiger partial charge in [-0.3, -0.25) is 4.79 Å². The summed E-state index contributed by atoms with van der Waals surface area (Å²) < 4.78 is 38.4. The van der Waals surface area contributed by atoms with Crippen LogP contribution < -0.4 is 10.1 Å². The van der Waals surface area contributed by atoms with Crippen molar-refractivity contribution in [2.45, 2.75) is 38.3 Å². The van der Waals surface area contributed by atoms with E-state index < -0.39 is 15.9 Å². The maximum Gasteiger partial charge on any atom is 0.243 e. The largest absolute Gasteiger partial charge is 0.496 e. The molecule has 0 radical (unpaired) electrons. The van der Waals surface area contributed by atoms with E-state index in [1.54, 1.807) is 31.4 Å². The standard InChI is InChI=1S/C24H28N2O5S/c1-17-7-10-21(11-8-17)32(28,29)26(15-20-6-5-13-31-20)16-24(27)25-19(3)22-14-18(2)9-12-23(22)30-4/h5-14,19H,15-16H2,1-4H3,(H,25,27). The van der Waals surface area contributed by atoms with Gasteiger partial charge >= 0.3 is 0 Å². The molecule has 0 saturated heterocycles. The van der Waals surface area contributed by atoms with Crippen molar-refractivity contribution in [3.8, 4) is 5.75 Å². The first-order valence-corrected chi connectivity index (χ1v) is 11.7. The summed E-state index contributed by atoms with van der Waals surface area (Å²) in [4.78, 5) is 13.0. The number of amides is 1. The van der Waals surface area contributed by atoms with E-state index in [-0.39, 0.29) is 24.0 Å². The van der Waals surface area contributed by atoms with Crippen molar-refractivity contribution < 1.29 is 22.4 Å². The van der Waals surface area contributed by atoms with Crippen LogP contribution >= 0.6 is 0 Å². The average Bonchev–Trinajstić information content (AvgIpc) is 3.26. The van der Waals surface area contributed by atoms with Crippen molar-refractivity contribution in [1.29, 1.82) is 0 Å². The van der Waals surface area contributed by atoms with E-state index in [4.69, 9.17) is 9.15 Å². The summed E-state index contributed by atoms with van der Waals surface area (Å²) in [6.07, 6.45) is 1.47. The van der Waals surface area contributed by atoms with Gasteiger partial charge in [-0.05, 0) is 51.1 Å². The van der Waals surface area contributed by atoms with E-state index in [0.29, 0.717) is 11.5 Å². The van der Waals surface area contributed by atoms with Crippen molar-refractivity contribution in [2.24, 2.45) is 0 Å². The van der Waals surface area contributed by atoms with E-state index in [1.807, 2.05) is 39.0 Å². The molecule has 0 aliphatic rings. The van der Waals surface area contributed by atoms with E-state index in [0.717, 1.165) is 21.0 Å². The highest BCUT2D eigenvalue weighted by molar-refractivity contribution is 7.89. The van der Waals surface area contributed by atoms with Crippen LogP contribution in [0.3, 0.4) is 0 Å². The third kappa shape index (κ3) is 5.57. The Bertz CT molecular complexity index is 1160. The second kappa shape index (κ2) is 10.0. The number of rotatable bonds is 9. The second-order valence-electron chi connectivity index (χ2n) is 7.70. The molecular formula is C24H28N2O5S. The SMILES string of the molecule is COc1ccc(C)cc1C(C)NC(=O)CN(Cc1ccco1)S(=O)(=O)c1ccc(C)cc1. The fourth-order valence-corrected chi connectivity index (χ4v) is 4.74. The maximum atomic E-state index is 13.3. The Morgan fingerprint density at radius 2 is 1.78 bits per heavy atom. The van der Waals surface area contributed by atoms with Crippen molar-refractivity contribution in [3.63, 3.8) is 0 Å². The number of ether oxygens (including phenoxy) is 1. The Morgan fingerprint density at radius 1 is 1.09 bits per heavy atom. The molecule has 0 spiro atoms. The zero-order valence-corrected chi connectivity index (χ0v) is 19.5. The first kappa shape index (κ1) is 23.6. The molecule has 0 aliphatic carbocycles. The van der Waals surface area contributed by atoms with Crippen molar-refractivity contribution in [2.75, 3.05) is 13.7 Å². The van der Waals surface area contributed by atoms with Gasteiger partial charge in [0.25, 0.3) is 0 Å². The molecule has 8 heteroatoms. The number of benzene rings is 2. The predicted octanol–water partition coefficient (Wildman–Crippen LogP) is 3.97. The maximum absolute atomic E-state index is 13.3. The number of carbonyl (C=O) groups is 1. The Hall–Kier alpha value is -3.10. The molecule has 1 atom stereocenters. The third-order valence-corrected chi connectivity index (χ3v) is 6.93. The highest BCUT2D eigenvalue weighted by Gasteiger charge is 2.28. The van der Waals surface area contributed by atoms with Gasteiger partial charge in [0.15, 0.2) is 0 Å². The summed E-state index contributed by atoms with van der Waals surface area (Å²) in [5.74, 6) is 0.674. The summed E-state index contributed by atoms with van der Waals surface area (Å²) in [6, 6.07) is 15.2.